The van der Waals surface area contributed by atoms with Gasteiger partial charge >= 0.3 is 0 Å². The number of fused-ring (bicyclic) bond motifs is 1. The number of benzene rings is 1. The summed E-state index contributed by atoms with van der Waals surface area (Å²) in [5.41, 5.74) is 4.28. The van der Waals surface area contributed by atoms with E-state index in [1.54, 1.807) is 13.2 Å². The lowest BCUT2D eigenvalue weighted by Crippen LogP contribution is -2.22. The van der Waals surface area contributed by atoms with E-state index in [1.165, 1.54) is 5.56 Å². The molecule has 2 rings (SSSR count). The first-order valence-corrected chi connectivity index (χ1v) is 5.58. The molecule has 0 aliphatic heterocycles. The quantitative estimate of drug-likeness (QED) is 0.738. The van der Waals surface area contributed by atoms with Crippen molar-refractivity contribution in [3.05, 3.63) is 28.8 Å². The Morgan fingerprint density at radius 1 is 1.44 bits per heavy atom. The minimum absolute atomic E-state index is 0.366. The van der Waals surface area contributed by atoms with E-state index in [9.17, 15) is 5.11 Å². The number of nitrogens with zero attached hydrogens (tertiary/aromatic N) is 1. The summed E-state index contributed by atoms with van der Waals surface area (Å²) in [5, 5.41) is 13.8. The summed E-state index contributed by atoms with van der Waals surface area (Å²) in [5.74, 6) is 0.779. The first-order valence-electron chi connectivity index (χ1n) is 5.58. The Kier molecular flexibility index (Phi) is 2.86. The zero-order chi connectivity index (χ0) is 11.7. The van der Waals surface area contributed by atoms with Gasteiger partial charge in [0, 0.05) is 11.5 Å². The van der Waals surface area contributed by atoms with E-state index in [1.807, 2.05) is 13.0 Å². The molecule has 0 bridgehead atoms. The predicted octanol–water partition coefficient (Wildman–Crippen LogP) is 2.63. The SMILES string of the molecule is CO/N=C1/c2ccc(O)c(C)c2CCC1C. The molecule has 3 heteroatoms. The standard InChI is InChI=1S/C13H17NO2/c1-8-4-5-10-9(2)12(15)7-6-11(10)13(8)14-16-3/h6-8,15H,4-5H2,1-3H3/b14-13+. The normalized spacial score (nSPS) is 21.9. The lowest BCUT2D eigenvalue weighted by Gasteiger charge is -2.24. The van der Waals surface area contributed by atoms with Crippen LogP contribution in [0.1, 0.15) is 30.0 Å². The topological polar surface area (TPSA) is 41.8 Å². The molecule has 1 N–H and O–H groups in total. The van der Waals surface area contributed by atoms with E-state index in [2.05, 4.69) is 12.1 Å². The molecule has 3 nitrogen and oxygen atoms in total. The number of phenolic OH excluding ortho intramolecular Hbond substituents is 1. The Bertz CT molecular complexity index is 438. The van der Waals surface area contributed by atoms with Gasteiger partial charge in [-0.15, -0.1) is 0 Å². The van der Waals surface area contributed by atoms with Crippen molar-refractivity contribution in [1.82, 2.24) is 0 Å². The summed E-state index contributed by atoms with van der Waals surface area (Å²) in [4.78, 5) is 4.90. The smallest absolute Gasteiger partial charge is 0.118 e. The van der Waals surface area contributed by atoms with Gasteiger partial charge in [-0.05, 0) is 43.0 Å². The van der Waals surface area contributed by atoms with Crippen molar-refractivity contribution < 1.29 is 9.94 Å². The third kappa shape index (κ3) is 1.66. The third-order valence-corrected chi connectivity index (χ3v) is 3.33. The van der Waals surface area contributed by atoms with Crippen molar-refractivity contribution in [2.75, 3.05) is 7.11 Å². The highest BCUT2D eigenvalue weighted by atomic mass is 16.6. The van der Waals surface area contributed by atoms with Gasteiger partial charge in [-0.1, -0.05) is 12.1 Å². The first kappa shape index (κ1) is 11.0. The molecule has 0 spiro atoms. The maximum Gasteiger partial charge on any atom is 0.118 e. The molecule has 0 saturated heterocycles. The number of rotatable bonds is 1. The van der Waals surface area contributed by atoms with E-state index >= 15 is 0 Å². The fourth-order valence-corrected chi connectivity index (χ4v) is 2.31. The number of oxime groups is 1. The second-order valence-corrected chi connectivity index (χ2v) is 4.33. The van der Waals surface area contributed by atoms with Gasteiger partial charge in [0.05, 0.1) is 5.71 Å². The average molecular weight is 219 g/mol. The molecule has 0 fully saturated rings. The summed E-state index contributed by atoms with van der Waals surface area (Å²) in [6, 6.07) is 3.67. The van der Waals surface area contributed by atoms with Crippen LogP contribution in [0.3, 0.4) is 0 Å². The molecule has 1 atom stereocenters. The van der Waals surface area contributed by atoms with Gasteiger partial charge < -0.3 is 9.94 Å². The van der Waals surface area contributed by atoms with E-state index in [0.717, 1.165) is 29.7 Å². The fraction of sp³-hybridized carbons (Fsp3) is 0.462. The lowest BCUT2D eigenvalue weighted by molar-refractivity contribution is 0.211. The Morgan fingerprint density at radius 3 is 2.88 bits per heavy atom. The maximum atomic E-state index is 9.69. The Labute approximate surface area is 95.7 Å². The summed E-state index contributed by atoms with van der Waals surface area (Å²) >= 11 is 0. The Morgan fingerprint density at radius 2 is 2.19 bits per heavy atom. The molecule has 1 unspecified atom stereocenters. The van der Waals surface area contributed by atoms with Gasteiger partial charge in [-0.25, -0.2) is 0 Å². The second kappa shape index (κ2) is 4.16. The second-order valence-electron chi connectivity index (χ2n) is 4.33. The molecule has 0 aromatic heterocycles. The predicted molar refractivity (Wildman–Crippen MR) is 63.9 cm³/mol. The molecule has 0 amide bonds. The van der Waals surface area contributed by atoms with Crippen LogP contribution in [0.2, 0.25) is 0 Å². The van der Waals surface area contributed by atoms with E-state index in [0.29, 0.717) is 11.7 Å². The zero-order valence-corrected chi connectivity index (χ0v) is 9.95. The molecular formula is C13H17NO2. The van der Waals surface area contributed by atoms with Crippen molar-refractivity contribution in [2.45, 2.75) is 26.7 Å². The molecule has 1 aliphatic carbocycles. The van der Waals surface area contributed by atoms with Crippen LogP contribution in [0.4, 0.5) is 0 Å². The van der Waals surface area contributed by atoms with Crippen LogP contribution < -0.4 is 0 Å². The van der Waals surface area contributed by atoms with Crippen molar-refractivity contribution >= 4 is 5.71 Å². The summed E-state index contributed by atoms with van der Waals surface area (Å²) in [6.07, 6.45) is 2.05. The molecule has 1 aliphatic rings. The number of phenols is 1. The van der Waals surface area contributed by atoms with Crippen LogP contribution in [0.15, 0.2) is 17.3 Å². The highest BCUT2D eigenvalue weighted by Gasteiger charge is 2.24. The maximum absolute atomic E-state index is 9.69. The molecule has 16 heavy (non-hydrogen) atoms. The number of aromatic hydroxyl groups is 1. The molecule has 86 valence electrons. The third-order valence-electron chi connectivity index (χ3n) is 3.33. The molecule has 0 radical (unpaired) electrons. The first-order chi connectivity index (χ1) is 7.65. The Hall–Kier alpha value is -1.51. The Balaban J connectivity index is 2.57. The van der Waals surface area contributed by atoms with Gasteiger partial charge in [0.25, 0.3) is 0 Å². The van der Waals surface area contributed by atoms with Gasteiger partial charge in [-0.2, -0.15) is 0 Å². The van der Waals surface area contributed by atoms with E-state index < -0.39 is 0 Å². The van der Waals surface area contributed by atoms with Gasteiger partial charge in [-0.3, -0.25) is 0 Å². The summed E-state index contributed by atoms with van der Waals surface area (Å²) in [7, 11) is 1.57. The lowest BCUT2D eigenvalue weighted by atomic mass is 9.81. The monoisotopic (exact) mass is 219 g/mol. The molecule has 1 aromatic carbocycles. The number of hydrogen-bond donors (Lipinski definition) is 1. The molecule has 0 heterocycles. The molecular weight excluding hydrogens is 202 g/mol. The van der Waals surface area contributed by atoms with Crippen LogP contribution in [-0.4, -0.2) is 17.9 Å². The largest absolute Gasteiger partial charge is 0.508 e. The highest BCUT2D eigenvalue weighted by molar-refractivity contribution is 6.04. The summed E-state index contributed by atoms with van der Waals surface area (Å²) < 4.78 is 0. The van der Waals surface area contributed by atoms with Crippen molar-refractivity contribution in [3.63, 3.8) is 0 Å². The zero-order valence-electron chi connectivity index (χ0n) is 9.95. The van der Waals surface area contributed by atoms with Gasteiger partial charge in [0.2, 0.25) is 0 Å². The number of hydrogen-bond acceptors (Lipinski definition) is 3. The molecule has 1 aromatic rings. The van der Waals surface area contributed by atoms with Crippen molar-refractivity contribution in [2.24, 2.45) is 11.1 Å². The van der Waals surface area contributed by atoms with Crippen LogP contribution in [0, 0.1) is 12.8 Å². The van der Waals surface area contributed by atoms with Gasteiger partial charge in [0.1, 0.15) is 12.9 Å². The minimum atomic E-state index is 0.366. The van der Waals surface area contributed by atoms with E-state index in [4.69, 9.17) is 4.84 Å². The van der Waals surface area contributed by atoms with Crippen molar-refractivity contribution in [1.29, 1.82) is 0 Å². The minimum Gasteiger partial charge on any atom is -0.508 e. The van der Waals surface area contributed by atoms with E-state index in [-0.39, 0.29) is 0 Å². The fourth-order valence-electron chi connectivity index (χ4n) is 2.31. The molecule has 0 saturated carbocycles. The summed E-state index contributed by atoms with van der Waals surface area (Å²) in [6.45, 7) is 4.11. The van der Waals surface area contributed by atoms with Crippen LogP contribution >= 0.6 is 0 Å². The highest BCUT2D eigenvalue weighted by Crippen LogP contribution is 2.32. The van der Waals surface area contributed by atoms with Gasteiger partial charge in [0.15, 0.2) is 0 Å². The van der Waals surface area contributed by atoms with Crippen LogP contribution in [-0.2, 0) is 11.3 Å². The average Bonchev–Trinajstić information content (AvgIpc) is 2.27. The van der Waals surface area contributed by atoms with Crippen LogP contribution in [0.5, 0.6) is 5.75 Å². The van der Waals surface area contributed by atoms with Crippen molar-refractivity contribution in [3.8, 4) is 5.75 Å². The van der Waals surface area contributed by atoms with Crippen LogP contribution in [0.25, 0.3) is 0 Å².